The van der Waals surface area contributed by atoms with E-state index < -0.39 is 0 Å². The third-order valence-electron chi connectivity index (χ3n) is 5.33. The Hall–Kier alpha value is -0.160. The molecule has 0 aromatic heterocycles. The van der Waals surface area contributed by atoms with Crippen LogP contribution in [0.5, 0.6) is 0 Å². The molecule has 1 aliphatic rings. The van der Waals surface area contributed by atoms with Crippen LogP contribution in [0.25, 0.3) is 0 Å². The molecule has 4 heteroatoms. The molecule has 1 heterocycles. The zero-order valence-electron chi connectivity index (χ0n) is 16.5. The molecule has 0 spiro atoms. The standard InChI is InChI=1S/C21H43NO3/c23-18-11-5-1-3-7-13-21(14-8-4-2-6-12-19-24)25-20-17-22-15-9-10-16-22/h21,23-24H,1-20H2. The molecule has 1 rings (SSSR count). The Morgan fingerprint density at radius 1 is 0.680 bits per heavy atom. The predicted octanol–water partition coefficient (Wildman–Crippen LogP) is 4.13. The van der Waals surface area contributed by atoms with Crippen molar-refractivity contribution >= 4 is 0 Å². The molecule has 2 N–H and O–H groups in total. The first-order chi connectivity index (χ1) is 12.4. The van der Waals surface area contributed by atoms with Crippen LogP contribution >= 0.6 is 0 Å². The molecular formula is C21H43NO3. The molecule has 0 aromatic carbocycles. The highest BCUT2D eigenvalue weighted by Crippen LogP contribution is 2.16. The van der Waals surface area contributed by atoms with E-state index in [-0.39, 0.29) is 0 Å². The van der Waals surface area contributed by atoms with Crippen LogP contribution in [0, 0.1) is 0 Å². The maximum Gasteiger partial charge on any atom is 0.0597 e. The van der Waals surface area contributed by atoms with Gasteiger partial charge in [0.15, 0.2) is 0 Å². The molecule has 1 fully saturated rings. The SMILES string of the molecule is OCCCCCCCC(CCCCCCCO)OCCN1CCCC1. The lowest BCUT2D eigenvalue weighted by atomic mass is 10.0. The van der Waals surface area contributed by atoms with Crippen LogP contribution in [-0.4, -0.2) is 60.7 Å². The second-order valence-electron chi connectivity index (χ2n) is 7.60. The van der Waals surface area contributed by atoms with E-state index in [9.17, 15) is 0 Å². The van der Waals surface area contributed by atoms with E-state index in [0.717, 1.165) is 38.8 Å². The molecule has 4 nitrogen and oxygen atoms in total. The lowest BCUT2D eigenvalue weighted by Gasteiger charge is -2.21. The van der Waals surface area contributed by atoms with Gasteiger partial charge < -0.3 is 19.8 Å². The zero-order valence-corrected chi connectivity index (χ0v) is 16.5. The van der Waals surface area contributed by atoms with Gasteiger partial charge in [0.05, 0.1) is 12.7 Å². The van der Waals surface area contributed by atoms with Gasteiger partial charge in [-0.05, 0) is 51.6 Å². The fourth-order valence-electron chi connectivity index (χ4n) is 3.69. The second-order valence-corrected chi connectivity index (χ2v) is 7.60. The molecule has 1 aliphatic heterocycles. The lowest BCUT2D eigenvalue weighted by molar-refractivity contribution is 0.0274. The minimum atomic E-state index is 0.332. The van der Waals surface area contributed by atoms with Gasteiger partial charge in [0.25, 0.3) is 0 Å². The molecule has 0 unspecified atom stereocenters. The van der Waals surface area contributed by atoms with Crippen molar-refractivity contribution in [2.24, 2.45) is 0 Å². The number of rotatable bonds is 18. The average molecular weight is 358 g/mol. The topological polar surface area (TPSA) is 52.9 Å². The van der Waals surface area contributed by atoms with Crippen LogP contribution < -0.4 is 0 Å². The number of hydrogen-bond acceptors (Lipinski definition) is 4. The normalized spacial score (nSPS) is 15.5. The van der Waals surface area contributed by atoms with E-state index >= 15 is 0 Å². The van der Waals surface area contributed by atoms with Crippen molar-refractivity contribution in [2.45, 2.75) is 96.0 Å². The molecule has 0 bridgehead atoms. The summed E-state index contributed by atoms with van der Waals surface area (Å²) in [6.07, 6.45) is 17.2. The summed E-state index contributed by atoms with van der Waals surface area (Å²) < 4.78 is 6.24. The van der Waals surface area contributed by atoms with Gasteiger partial charge in [0, 0.05) is 19.8 Å². The Kier molecular flexibility index (Phi) is 15.8. The highest BCUT2D eigenvalue weighted by Gasteiger charge is 2.13. The highest BCUT2D eigenvalue weighted by atomic mass is 16.5. The molecule has 0 radical (unpaired) electrons. The van der Waals surface area contributed by atoms with Crippen LogP contribution in [0.2, 0.25) is 0 Å². The van der Waals surface area contributed by atoms with Crippen molar-refractivity contribution in [1.82, 2.24) is 4.90 Å². The lowest BCUT2D eigenvalue weighted by Crippen LogP contribution is -2.26. The summed E-state index contributed by atoms with van der Waals surface area (Å²) in [5.74, 6) is 0. The number of aliphatic hydroxyl groups is 2. The van der Waals surface area contributed by atoms with Crippen LogP contribution in [0.15, 0.2) is 0 Å². The smallest absolute Gasteiger partial charge is 0.0597 e. The van der Waals surface area contributed by atoms with Gasteiger partial charge in [-0.3, -0.25) is 0 Å². The van der Waals surface area contributed by atoms with Crippen molar-refractivity contribution in [3.8, 4) is 0 Å². The highest BCUT2D eigenvalue weighted by molar-refractivity contribution is 4.66. The van der Waals surface area contributed by atoms with E-state index in [2.05, 4.69) is 4.90 Å². The molecule has 0 saturated carbocycles. The largest absolute Gasteiger partial charge is 0.396 e. The van der Waals surface area contributed by atoms with Gasteiger partial charge in [-0.2, -0.15) is 0 Å². The van der Waals surface area contributed by atoms with Gasteiger partial charge in [-0.15, -0.1) is 0 Å². The van der Waals surface area contributed by atoms with Crippen LogP contribution in [0.1, 0.15) is 89.9 Å². The monoisotopic (exact) mass is 357 g/mol. The van der Waals surface area contributed by atoms with Crippen molar-refractivity contribution in [2.75, 3.05) is 39.5 Å². The predicted molar refractivity (Wildman–Crippen MR) is 105 cm³/mol. The van der Waals surface area contributed by atoms with Crippen molar-refractivity contribution < 1.29 is 14.9 Å². The van der Waals surface area contributed by atoms with Gasteiger partial charge in [0.2, 0.25) is 0 Å². The van der Waals surface area contributed by atoms with Crippen molar-refractivity contribution in [1.29, 1.82) is 0 Å². The minimum absolute atomic E-state index is 0.332. The molecule has 0 aliphatic carbocycles. The Morgan fingerprint density at radius 2 is 1.16 bits per heavy atom. The molecular weight excluding hydrogens is 314 g/mol. The Balaban J connectivity index is 2.10. The fourth-order valence-corrected chi connectivity index (χ4v) is 3.69. The number of unbranched alkanes of at least 4 members (excludes halogenated alkanes) is 8. The first-order valence-electron chi connectivity index (χ1n) is 10.9. The number of aliphatic hydroxyl groups excluding tert-OH is 2. The number of ether oxygens (including phenoxy) is 1. The second kappa shape index (κ2) is 17.3. The molecule has 150 valence electrons. The summed E-state index contributed by atoms with van der Waals surface area (Å²) in [5, 5.41) is 17.7. The third kappa shape index (κ3) is 13.7. The van der Waals surface area contributed by atoms with Gasteiger partial charge in [0.1, 0.15) is 0 Å². The van der Waals surface area contributed by atoms with Crippen LogP contribution in [0.3, 0.4) is 0 Å². The van der Waals surface area contributed by atoms with E-state index in [1.807, 2.05) is 0 Å². The van der Waals surface area contributed by atoms with Gasteiger partial charge >= 0.3 is 0 Å². The average Bonchev–Trinajstić information content (AvgIpc) is 3.13. The van der Waals surface area contributed by atoms with Crippen molar-refractivity contribution in [3.63, 3.8) is 0 Å². The summed E-state index contributed by atoms with van der Waals surface area (Å²) in [5.41, 5.74) is 0. The van der Waals surface area contributed by atoms with Crippen LogP contribution in [0.4, 0.5) is 0 Å². The number of likely N-dealkylation sites (tertiary alicyclic amines) is 1. The van der Waals surface area contributed by atoms with Crippen LogP contribution in [-0.2, 0) is 4.74 Å². The summed E-state index contributed by atoms with van der Waals surface area (Å²) in [4.78, 5) is 2.53. The zero-order chi connectivity index (χ0) is 18.0. The Labute approximate surface area is 155 Å². The summed E-state index contributed by atoms with van der Waals surface area (Å²) in [7, 11) is 0. The maximum absolute atomic E-state index is 8.83. The van der Waals surface area contributed by atoms with E-state index in [0.29, 0.717) is 19.3 Å². The molecule has 0 amide bonds. The van der Waals surface area contributed by atoms with Gasteiger partial charge in [-0.1, -0.05) is 51.4 Å². The maximum atomic E-state index is 8.83. The number of hydrogen-bond donors (Lipinski definition) is 2. The summed E-state index contributed by atoms with van der Waals surface area (Å²) >= 11 is 0. The third-order valence-corrected chi connectivity index (χ3v) is 5.33. The summed E-state index contributed by atoms with van der Waals surface area (Å²) in [6, 6.07) is 0. The first kappa shape index (κ1) is 22.9. The van der Waals surface area contributed by atoms with E-state index in [4.69, 9.17) is 14.9 Å². The molecule has 0 atom stereocenters. The fraction of sp³-hybridized carbons (Fsp3) is 1.00. The summed E-state index contributed by atoms with van der Waals surface area (Å²) in [6.45, 7) is 5.16. The Bertz CT molecular complexity index is 254. The molecule has 1 saturated heterocycles. The van der Waals surface area contributed by atoms with E-state index in [1.54, 1.807) is 0 Å². The number of nitrogens with zero attached hydrogens (tertiary/aromatic N) is 1. The molecule has 0 aromatic rings. The Morgan fingerprint density at radius 3 is 1.68 bits per heavy atom. The minimum Gasteiger partial charge on any atom is -0.396 e. The quantitative estimate of drug-likeness (QED) is 0.362. The van der Waals surface area contributed by atoms with E-state index in [1.165, 1.54) is 77.3 Å². The molecule has 25 heavy (non-hydrogen) atoms. The van der Waals surface area contributed by atoms with Crippen molar-refractivity contribution in [3.05, 3.63) is 0 Å². The van der Waals surface area contributed by atoms with Gasteiger partial charge in [-0.25, -0.2) is 0 Å². The first-order valence-corrected chi connectivity index (χ1v) is 10.9.